The van der Waals surface area contributed by atoms with Gasteiger partial charge in [0.1, 0.15) is 5.75 Å². The van der Waals surface area contributed by atoms with E-state index in [0.717, 1.165) is 12.2 Å². The summed E-state index contributed by atoms with van der Waals surface area (Å²) in [6.45, 7) is 0. The molecule has 0 amide bonds. The molecule has 2 rings (SSSR count). The van der Waals surface area contributed by atoms with Crippen LogP contribution in [0.15, 0.2) is 36.6 Å². The first-order valence-corrected chi connectivity index (χ1v) is 5.26. The van der Waals surface area contributed by atoms with E-state index in [1.54, 1.807) is 6.26 Å². The summed E-state index contributed by atoms with van der Waals surface area (Å²) in [4.78, 5) is 0. The molecule has 1 heterocycles. The molecule has 0 saturated heterocycles. The SMILES string of the molecule is C1=COc2ccccc2C1.[O-][Cl+3]([O-])([O-])O. The van der Waals surface area contributed by atoms with Crippen LogP contribution in [0.3, 0.4) is 0 Å². The molecule has 5 nitrogen and oxygen atoms in total. The minimum atomic E-state index is -4.69. The number of rotatable bonds is 0. The molecule has 15 heavy (non-hydrogen) atoms. The second kappa shape index (κ2) is 5.11. The number of hydrogen-bond donors (Lipinski definition) is 1. The Balaban J connectivity index is 0.000000195. The molecule has 0 bridgehead atoms. The number of halogens is 1. The highest BCUT2D eigenvalue weighted by Gasteiger charge is 2.02. The van der Waals surface area contributed by atoms with Crippen molar-refractivity contribution in [2.45, 2.75) is 6.42 Å². The summed E-state index contributed by atoms with van der Waals surface area (Å²) >= 11 is 0. The first-order valence-electron chi connectivity index (χ1n) is 3.99. The van der Waals surface area contributed by atoms with Crippen LogP contribution in [0.5, 0.6) is 5.75 Å². The second-order valence-electron chi connectivity index (χ2n) is 2.70. The highest BCUT2D eigenvalue weighted by Crippen LogP contribution is 2.21. The molecule has 6 heteroatoms. The van der Waals surface area contributed by atoms with Gasteiger partial charge in [0, 0.05) is 0 Å². The van der Waals surface area contributed by atoms with Gasteiger partial charge in [0.25, 0.3) is 0 Å². The number of benzene rings is 1. The van der Waals surface area contributed by atoms with Crippen LogP contribution < -0.4 is 18.7 Å². The lowest BCUT2D eigenvalue weighted by Crippen LogP contribution is -2.58. The molecular weight excluding hydrogens is 224 g/mol. The van der Waals surface area contributed by atoms with Gasteiger partial charge in [0.15, 0.2) is 0 Å². The van der Waals surface area contributed by atoms with Crippen LogP contribution in [0.2, 0.25) is 0 Å². The maximum absolute atomic E-state index is 8.60. The molecule has 0 spiro atoms. The summed E-state index contributed by atoms with van der Waals surface area (Å²) in [5, 5.41) is 0. The van der Waals surface area contributed by atoms with Gasteiger partial charge in [0.2, 0.25) is 0 Å². The predicted octanol–water partition coefficient (Wildman–Crippen LogP) is -1.99. The van der Waals surface area contributed by atoms with Crippen LogP contribution in [0.1, 0.15) is 5.56 Å². The fourth-order valence-electron chi connectivity index (χ4n) is 1.08. The van der Waals surface area contributed by atoms with E-state index in [4.69, 9.17) is 23.4 Å². The van der Waals surface area contributed by atoms with E-state index >= 15 is 0 Å². The van der Waals surface area contributed by atoms with Crippen molar-refractivity contribution in [3.63, 3.8) is 0 Å². The third-order valence-electron chi connectivity index (χ3n) is 1.60. The molecule has 0 radical (unpaired) electrons. The number of fused-ring (bicyclic) bond motifs is 1. The fourth-order valence-corrected chi connectivity index (χ4v) is 1.08. The second-order valence-corrected chi connectivity index (χ2v) is 3.49. The average Bonchev–Trinajstić information content (AvgIpc) is 2.16. The van der Waals surface area contributed by atoms with Gasteiger partial charge in [-0.2, -0.15) is 14.0 Å². The maximum atomic E-state index is 8.60. The number of hydrogen-bond acceptors (Lipinski definition) is 5. The maximum Gasteiger partial charge on any atom is 0.130 e. The van der Waals surface area contributed by atoms with Crippen LogP contribution in [0, 0.1) is 10.2 Å². The molecule has 1 aliphatic heterocycles. The van der Waals surface area contributed by atoms with Crippen molar-refractivity contribution in [1.82, 2.24) is 0 Å². The van der Waals surface area contributed by atoms with Gasteiger partial charge in [-0.1, -0.05) is 18.2 Å². The zero-order chi connectivity index (χ0) is 11.3. The summed E-state index contributed by atoms with van der Waals surface area (Å²) < 4.78 is 38.0. The van der Waals surface area contributed by atoms with Crippen molar-refractivity contribution in [1.29, 1.82) is 0 Å². The molecule has 0 atom stereocenters. The molecule has 0 aromatic heterocycles. The molecule has 82 valence electrons. The molecule has 1 aromatic carbocycles. The van der Waals surface area contributed by atoms with Crippen molar-refractivity contribution in [3.8, 4) is 5.75 Å². The smallest absolute Gasteiger partial charge is 0.130 e. The van der Waals surface area contributed by atoms with Gasteiger partial charge < -0.3 is 4.74 Å². The standard InChI is InChI=1S/C9H8O.ClHO4/c1-2-6-9-8(4-1)5-3-7-10-9;2-1(3,4)5/h1-4,6-7H,5H2;(H,2,3,4,5). The van der Waals surface area contributed by atoms with Crippen molar-refractivity contribution < 1.29 is 33.6 Å². The number of allylic oxidation sites excluding steroid dienone is 1. The Bertz CT molecular complexity index is 312. The lowest BCUT2D eigenvalue weighted by Gasteiger charge is -2.09. The van der Waals surface area contributed by atoms with E-state index in [1.807, 2.05) is 24.3 Å². The van der Waals surface area contributed by atoms with Gasteiger partial charge in [-0.05, 0) is 24.1 Å². The molecule has 0 fully saturated rings. The monoisotopic (exact) mass is 232 g/mol. The highest BCUT2D eigenvalue weighted by atomic mass is 35.7. The Labute approximate surface area is 88.6 Å². The topological polar surface area (TPSA) is 98.6 Å². The van der Waals surface area contributed by atoms with E-state index in [2.05, 4.69) is 6.07 Å². The van der Waals surface area contributed by atoms with Gasteiger partial charge in [-0.15, -0.1) is 0 Å². The van der Waals surface area contributed by atoms with Gasteiger partial charge in [-0.25, -0.2) is 0 Å². The van der Waals surface area contributed by atoms with E-state index < -0.39 is 10.2 Å². The Hall–Kier alpha value is -1.11. The lowest BCUT2D eigenvalue weighted by atomic mass is 10.1. The summed E-state index contributed by atoms with van der Waals surface area (Å²) in [6.07, 6.45) is 4.75. The molecule has 0 saturated carbocycles. The first-order chi connectivity index (χ1) is 6.97. The molecule has 0 aliphatic carbocycles. The number of ether oxygens (including phenoxy) is 1. The summed E-state index contributed by atoms with van der Waals surface area (Å²) in [5.41, 5.74) is 1.27. The van der Waals surface area contributed by atoms with Crippen molar-refractivity contribution >= 4 is 0 Å². The molecule has 1 aliphatic rings. The van der Waals surface area contributed by atoms with Crippen LogP contribution in [-0.4, -0.2) is 4.66 Å². The van der Waals surface area contributed by atoms with E-state index in [0.29, 0.717) is 0 Å². The molecular formula is C9H9ClO5. The Kier molecular flexibility index (Phi) is 4.07. The predicted molar refractivity (Wildman–Crippen MR) is 42.1 cm³/mol. The molecule has 1 N–H and O–H groups in total. The van der Waals surface area contributed by atoms with Crippen molar-refractivity contribution in [2.24, 2.45) is 0 Å². The van der Waals surface area contributed by atoms with Crippen LogP contribution in [-0.2, 0) is 6.42 Å². The highest BCUT2D eigenvalue weighted by molar-refractivity contribution is 5.36. The first kappa shape index (κ1) is 12.0. The van der Waals surface area contributed by atoms with Gasteiger partial charge in [-0.3, -0.25) is 0 Å². The third-order valence-corrected chi connectivity index (χ3v) is 1.60. The fraction of sp³-hybridized carbons (Fsp3) is 0.111. The van der Waals surface area contributed by atoms with E-state index in [1.165, 1.54) is 5.56 Å². The van der Waals surface area contributed by atoms with Crippen LogP contribution in [0.25, 0.3) is 0 Å². The normalized spacial score (nSPS) is 13.3. The van der Waals surface area contributed by atoms with Gasteiger partial charge >= 0.3 is 0 Å². The average molecular weight is 233 g/mol. The Morgan fingerprint density at radius 2 is 1.80 bits per heavy atom. The van der Waals surface area contributed by atoms with E-state index in [-0.39, 0.29) is 0 Å². The molecule has 1 aromatic rings. The minimum Gasteiger partial charge on any atom is -0.465 e. The lowest BCUT2D eigenvalue weighted by molar-refractivity contribution is -1.92. The molecule has 0 unspecified atom stereocenters. The Morgan fingerprint density at radius 1 is 1.20 bits per heavy atom. The largest absolute Gasteiger partial charge is 0.465 e. The van der Waals surface area contributed by atoms with Crippen LogP contribution in [0.4, 0.5) is 0 Å². The summed E-state index contributed by atoms with van der Waals surface area (Å²) in [5.74, 6) is 0.991. The van der Waals surface area contributed by atoms with Crippen LogP contribution >= 0.6 is 0 Å². The zero-order valence-corrected chi connectivity index (χ0v) is 8.39. The minimum absolute atomic E-state index is 0.991. The summed E-state index contributed by atoms with van der Waals surface area (Å²) in [6, 6.07) is 8.08. The van der Waals surface area contributed by atoms with Gasteiger partial charge in [0.05, 0.1) is 21.2 Å². The van der Waals surface area contributed by atoms with Crippen molar-refractivity contribution in [3.05, 3.63) is 42.2 Å². The number of para-hydroxylation sites is 1. The zero-order valence-electron chi connectivity index (χ0n) is 7.63. The summed E-state index contributed by atoms with van der Waals surface area (Å²) in [7, 11) is -4.69. The quantitative estimate of drug-likeness (QED) is 0.558. The Morgan fingerprint density at radius 3 is 2.40 bits per heavy atom. The third kappa shape index (κ3) is 5.36. The van der Waals surface area contributed by atoms with E-state index in [9.17, 15) is 0 Å². The van der Waals surface area contributed by atoms with Crippen molar-refractivity contribution in [2.75, 3.05) is 0 Å².